The maximum atomic E-state index is 11.9. The van der Waals surface area contributed by atoms with Gasteiger partial charge < -0.3 is 10.4 Å². The standard InChI is InChI=1S/C16H15BrClNO2/c1-2-16(15(20)21,11-3-7-13(18)8-4-11)19-14-9-5-12(17)6-10-14/h3-10,19H,2H2,1H3,(H,20,21). The van der Waals surface area contributed by atoms with Gasteiger partial charge in [-0.2, -0.15) is 0 Å². The lowest BCUT2D eigenvalue weighted by molar-refractivity contribution is -0.142. The molecule has 0 fully saturated rings. The van der Waals surface area contributed by atoms with Gasteiger partial charge in [0.2, 0.25) is 0 Å². The molecule has 0 aliphatic rings. The Morgan fingerprint density at radius 2 is 1.76 bits per heavy atom. The van der Waals surface area contributed by atoms with E-state index in [4.69, 9.17) is 11.6 Å². The molecule has 0 amide bonds. The molecular formula is C16H15BrClNO2. The third-order valence-corrected chi connectivity index (χ3v) is 4.22. The molecular weight excluding hydrogens is 354 g/mol. The van der Waals surface area contributed by atoms with E-state index >= 15 is 0 Å². The number of benzene rings is 2. The number of hydrogen-bond donors (Lipinski definition) is 2. The Kier molecular flexibility index (Phi) is 4.91. The van der Waals surface area contributed by atoms with Gasteiger partial charge >= 0.3 is 5.97 Å². The summed E-state index contributed by atoms with van der Waals surface area (Å²) in [6.07, 6.45) is 0.403. The molecule has 2 rings (SSSR count). The number of rotatable bonds is 5. The molecule has 0 aliphatic heterocycles. The van der Waals surface area contributed by atoms with E-state index in [2.05, 4.69) is 21.2 Å². The minimum Gasteiger partial charge on any atom is -0.479 e. The van der Waals surface area contributed by atoms with Gasteiger partial charge in [0.05, 0.1) is 0 Å². The minimum absolute atomic E-state index is 0.403. The number of aliphatic carboxylic acids is 1. The maximum absolute atomic E-state index is 11.9. The summed E-state index contributed by atoms with van der Waals surface area (Å²) in [5, 5.41) is 13.5. The monoisotopic (exact) mass is 367 g/mol. The zero-order valence-electron chi connectivity index (χ0n) is 11.4. The summed E-state index contributed by atoms with van der Waals surface area (Å²) in [4.78, 5) is 11.9. The van der Waals surface area contributed by atoms with E-state index in [0.29, 0.717) is 17.0 Å². The Hall–Kier alpha value is -1.52. The van der Waals surface area contributed by atoms with Crippen LogP contribution in [0.3, 0.4) is 0 Å². The molecule has 1 atom stereocenters. The van der Waals surface area contributed by atoms with E-state index in [1.807, 2.05) is 31.2 Å². The van der Waals surface area contributed by atoms with E-state index < -0.39 is 11.5 Å². The summed E-state index contributed by atoms with van der Waals surface area (Å²) >= 11 is 9.25. The Morgan fingerprint density at radius 1 is 1.19 bits per heavy atom. The number of carbonyl (C=O) groups is 1. The van der Waals surface area contributed by atoms with E-state index in [9.17, 15) is 9.90 Å². The zero-order valence-corrected chi connectivity index (χ0v) is 13.8. The molecule has 1 unspecified atom stereocenters. The van der Waals surface area contributed by atoms with Crippen molar-refractivity contribution in [2.45, 2.75) is 18.9 Å². The molecule has 2 aromatic carbocycles. The number of hydrogen-bond acceptors (Lipinski definition) is 2. The normalized spacial score (nSPS) is 13.5. The van der Waals surface area contributed by atoms with Crippen LogP contribution < -0.4 is 5.32 Å². The first-order valence-corrected chi connectivity index (χ1v) is 7.68. The van der Waals surface area contributed by atoms with E-state index in [0.717, 1.165) is 10.2 Å². The van der Waals surface area contributed by atoms with Crippen molar-refractivity contribution in [2.24, 2.45) is 0 Å². The molecule has 0 spiro atoms. The van der Waals surface area contributed by atoms with Gasteiger partial charge in [-0.05, 0) is 48.4 Å². The lowest BCUT2D eigenvalue weighted by Crippen LogP contribution is -2.43. The molecule has 0 aromatic heterocycles. The highest BCUT2D eigenvalue weighted by molar-refractivity contribution is 9.10. The fourth-order valence-corrected chi connectivity index (χ4v) is 2.60. The second-order valence-electron chi connectivity index (χ2n) is 4.70. The molecule has 2 aromatic rings. The van der Waals surface area contributed by atoms with Crippen LogP contribution in [0.15, 0.2) is 53.0 Å². The Bertz CT molecular complexity index is 628. The van der Waals surface area contributed by atoms with Crippen LogP contribution in [0.5, 0.6) is 0 Å². The summed E-state index contributed by atoms with van der Waals surface area (Å²) in [5.74, 6) is -0.921. The fraction of sp³-hybridized carbons (Fsp3) is 0.188. The largest absolute Gasteiger partial charge is 0.479 e. The van der Waals surface area contributed by atoms with E-state index in [-0.39, 0.29) is 0 Å². The molecule has 0 saturated carbocycles. The average Bonchev–Trinajstić information content (AvgIpc) is 2.47. The van der Waals surface area contributed by atoms with Crippen LogP contribution in [-0.2, 0) is 10.3 Å². The van der Waals surface area contributed by atoms with Crippen LogP contribution in [-0.4, -0.2) is 11.1 Å². The maximum Gasteiger partial charge on any atom is 0.334 e. The number of nitrogens with one attached hydrogen (secondary N) is 1. The van der Waals surface area contributed by atoms with Crippen LogP contribution in [0.25, 0.3) is 0 Å². The van der Waals surface area contributed by atoms with Crippen molar-refractivity contribution in [3.8, 4) is 0 Å². The summed E-state index contributed by atoms with van der Waals surface area (Å²) in [7, 11) is 0. The summed E-state index contributed by atoms with van der Waals surface area (Å²) < 4.78 is 0.942. The Morgan fingerprint density at radius 3 is 2.24 bits per heavy atom. The highest BCUT2D eigenvalue weighted by Crippen LogP contribution is 2.31. The van der Waals surface area contributed by atoms with Gasteiger partial charge in [-0.15, -0.1) is 0 Å². The average molecular weight is 369 g/mol. The van der Waals surface area contributed by atoms with Gasteiger partial charge in [-0.25, -0.2) is 4.79 Å². The minimum atomic E-state index is -1.18. The number of anilines is 1. The highest BCUT2D eigenvalue weighted by Gasteiger charge is 2.38. The van der Waals surface area contributed by atoms with E-state index in [1.54, 1.807) is 24.3 Å². The third-order valence-electron chi connectivity index (χ3n) is 3.43. The van der Waals surface area contributed by atoms with Crippen molar-refractivity contribution in [2.75, 3.05) is 5.32 Å². The number of halogens is 2. The number of carboxylic acid groups (broad SMARTS) is 1. The molecule has 0 aliphatic carbocycles. The van der Waals surface area contributed by atoms with Crippen molar-refractivity contribution < 1.29 is 9.90 Å². The molecule has 3 nitrogen and oxygen atoms in total. The lowest BCUT2D eigenvalue weighted by atomic mass is 9.87. The molecule has 110 valence electrons. The third kappa shape index (κ3) is 3.39. The summed E-state index contributed by atoms with van der Waals surface area (Å²) in [6.45, 7) is 1.84. The van der Waals surface area contributed by atoms with Gasteiger partial charge in [0.15, 0.2) is 5.54 Å². The first-order valence-electron chi connectivity index (χ1n) is 6.51. The molecule has 5 heteroatoms. The van der Waals surface area contributed by atoms with Crippen LogP contribution in [0, 0.1) is 0 Å². The zero-order chi connectivity index (χ0) is 15.5. The molecule has 2 N–H and O–H groups in total. The Labute approximate surface area is 137 Å². The van der Waals surface area contributed by atoms with Crippen LogP contribution in [0.2, 0.25) is 5.02 Å². The number of carboxylic acids is 1. The van der Waals surface area contributed by atoms with Crippen LogP contribution in [0.1, 0.15) is 18.9 Å². The van der Waals surface area contributed by atoms with E-state index in [1.165, 1.54) is 0 Å². The highest BCUT2D eigenvalue weighted by atomic mass is 79.9. The molecule has 0 heterocycles. The van der Waals surface area contributed by atoms with Crippen molar-refractivity contribution in [3.63, 3.8) is 0 Å². The Balaban J connectivity index is 2.44. The molecule has 0 bridgehead atoms. The molecule has 0 saturated heterocycles. The first-order chi connectivity index (χ1) is 9.98. The fourth-order valence-electron chi connectivity index (χ4n) is 2.21. The van der Waals surface area contributed by atoms with Crippen molar-refractivity contribution >= 4 is 39.2 Å². The second kappa shape index (κ2) is 6.50. The van der Waals surface area contributed by atoms with Crippen LogP contribution >= 0.6 is 27.5 Å². The van der Waals surface area contributed by atoms with Crippen molar-refractivity contribution in [3.05, 3.63) is 63.6 Å². The first kappa shape index (κ1) is 15.9. The van der Waals surface area contributed by atoms with Gasteiger partial charge in [0, 0.05) is 15.2 Å². The molecule has 21 heavy (non-hydrogen) atoms. The SMILES string of the molecule is CCC(Nc1ccc(Br)cc1)(C(=O)O)c1ccc(Cl)cc1. The van der Waals surface area contributed by atoms with Crippen LogP contribution in [0.4, 0.5) is 5.69 Å². The van der Waals surface area contributed by atoms with Gasteiger partial charge in [-0.1, -0.05) is 46.6 Å². The molecule has 0 radical (unpaired) electrons. The van der Waals surface area contributed by atoms with Crippen molar-refractivity contribution in [1.82, 2.24) is 0 Å². The topological polar surface area (TPSA) is 49.3 Å². The predicted octanol–water partition coefficient (Wildman–Crippen LogP) is 4.90. The van der Waals surface area contributed by atoms with Gasteiger partial charge in [0.25, 0.3) is 0 Å². The van der Waals surface area contributed by atoms with Gasteiger partial charge in [0.1, 0.15) is 0 Å². The predicted molar refractivity (Wildman–Crippen MR) is 88.8 cm³/mol. The quantitative estimate of drug-likeness (QED) is 0.789. The van der Waals surface area contributed by atoms with Gasteiger partial charge in [-0.3, -0.25) is 0 Å². The van der Waals surface area contributed by atoms with Crippen molar-refractivity contribution in [1.29, 1.82) is 0 Å². The smallest absolute Gasteiger partial charge is 0.334 e. The lowest BCUT2D eigenvalue weighted by Gasteiger charge is -2.31. The summed E-state index contributed by atoms with van der Waals surface area (Å²) in [5.41, 5.74) is 0.237. The summed E-state index contributed by atoms with van der Waals surface area (Å²) in [6, 6.07) is 14.3. The second-order valence-corrected chi connectivity index (χ2v) is 6.05.